The molecule has 3 N–H and O–H groups in total. The Morgan fingerprint density at radius 3 is 2.79 bits per heavy atom. The number of fused-ring (bicyclic) bond motifs is 2. The first-order chi connectivity index (χ1) is 18.6. The number of imidazole rings is 1. The minimum Gasteiger partial charge on any atom is -0.324 e. The van der Waals surface area contributed by atoms with Crippen molar-refractivity contribution >= 4 is 56.7 Å². The van der Waals surface area contributed by atoms with Crippen molar-refractivity contribution in [3.8, 4) is 33.2 Å². The number of halogens is 1. The molecule has 1 aliphatic rings. The number of amides is 1. The first-order valence-electron chi connectivity index (χ1n) is 12.3. The molecule has 6 aromatic rings. The molecule has 7 rings (SSSR count). The van der Waals surface area contributed by atoms with E-state index in [4.69, 9.17) is 21.6 Å². The topological polar surface area (TPSA) is 125 Å². The molecule has 11 heteroatoms. The van der Waals surface area contributed by atoms with Gasteiger partial charge < -0.3 is 10.3 Å². The number of pyridine rings is 3. The zero-order valence-electron chi connectivity index (χ0n) is 20.0. The third-order valence-corrected chi connectivity index (χ3v) is 8.15. The van der Waals surface area contributed by atoms with Crippen molar-refractivity contribution in [2.75, 3.05) is 5.32 Å². The summed E-state index contributed by atoms with van der Waals surface area (Å²) in [7, 11) is 0. The van der Waals surface area contributed by atoms with Crippen molar-refractivity contribution in [1.82, 2.24) is 35.1 Å². The highest BCUT2D eigenvalue weighted by molar-refractivity contribution is 7.19. The molecule has 188 valence electrons. The van der Waals surface area contributed by atoms with Crippen molar-refractivity contribution in [3.63, 3.8) is 0 Å². The number of carbonyl (C=O) groups is 1. The van der Waals surface area contributed by atoms with E-state index in [1.807, 2.05) is 36.4 Å². The molecule has 9 nitrogen and oxygen atoms in total. The molecule has 6 aromatic heterocycles. The Morgan fingerprint density at radius 2 is 1.95 bits per heavy atom. The number of anilines is 1. The molecular formula is C27H21ClN8OS. The van der Waals surface area contributed by atoms with Gasteiger partial charge in [0.25, 0.3) is 0 Å². The molecule has 0 aliphatic heterocycles. The first-order valence-corrected chi connectivity index (χ1v) is 13.5. The summed E-state index contributed by atoms with van der Waals surface area (Å²) in [6.45, 7) is 0. The summed E-state index contributed by atoms with van der Waals surface area (Å²) in [6, 6.07) is 11.5. The Labute approximate surface area is 225 Å². The summed E-state index contributed by atoms with van der Waals surface area (Å²) in [5.41, 5.74) is 6.56. The number of carbonyl (C=O) groups excluding carboxylic acids is 1. The van der Waals surface area contributed by atoms with Gasteiger partial charge in [0.15, 0.2) is 17.2 Å². The van der Waals surface area contributed by atoms with Crippen LogP contribution >= 0.6 is 22.9 Å². The van der Waals surface area contributed by atoms with Crippen LogP contribution in [0.2, 0.25) is 4.34 Å². The van der Waals surface area contributed by atoms with E-state index in [1.54, 1.807) is 18.6 Å². The molecule has 0 aromatic carbocycles. The maximum atomic E-state index is 12.6. The van der Waals surface area contributed by atoms with Gasteiger partial charge in [0.1, 0.15) is 11.0 Å². The summed E-state index contributed by atoms with van der Waals surface area (Å²) >= 11 is 7.66. The van der Waals surface area contributed by atoms with Crippen LogP contribution in [0.1, 0.15) is 25.7 Å². The smallest absolute Gasteiger partial charge is 0.227 e. The van der Waals surface area contributed by atoms with Crippen molar-refractivity contribution in [2.45, 2.75) is 25.7 Å². The molecule has 1 fully saturated rings. The Hall–Kier alpha value is -4.15. The standard InChI is InChI=1S/C27H21ClN8OS/c28-21-8-7-20(38-21)17-9-10-30-25-22(17)33-26(34-25)24-23-19(35-36-24)6-5-18(32-23)15-11-16(13-29-12-15)31-27(37)14-3-1-2-4-14/h5-14H,1-4H2,(H,31,37)(H,35,36)(H,30,33,34). The van der Waals surface area contributed by atoms with E-state index in [-0.39, 0.29) is 11.8 Å². The summed E-state index contributed by atoms with van der Waals surface area (Å²) in [5, 5.41) is 10.6. The first kappa shape index (κ1) is 23.0. The van der Waals surface area contributed by atoms with E-state index in [9.17, 15) is 4.79 Å². The van der Waals surface area contributed by atoms with Gasteiger partial charge in [-0.05, 0) is 49.2 Å². The van der Waals surface area contributed by atoms with Gasteiger partial charge in [-0.1, -0.05) is 24.4 Å². The lowest BCUT2D eigenvalue weighted by molar-refractivity contribution is -0.119. The van der Waals surface area contributed by atoms with E-state index in [2.05, 4.69) is 30.5 Å². The van der Waals surface area contributed by atoms with Crippen LogP contribution in [0.4, 0.5) is 5.69 Å². The highest BCUT2D eigenvalue weighted by Gasteiger charge is 2.23. The normalized spacial score (nSPS) is 14.0. The molecular weight excluding hydrogens is 520 g/mol. The molecule has 0 radical (unpaired) electrons. The van der Waals surface area contributed by atoms with E-state index >= 15 is 0 Å². The second-order valence-corrected chi connectivity index (χ2v) is 11.1. The fourth-order valence-corrected chi connectivity index (χ4v) is 6.06. The number of aromatic nitrogens is 7. The van der Waals surface area contributed by atoms with Crippen LogP contribution < -0.4 is 5.32 Å². The second kappa shape index (κ2) is 9.30. The maximum absolute atomic E-state index is 12.6. The Bertz CT molecular complexity index is 1820. The second-order valence-electron chi connectivity index (χ2n) is 9.34. The van der Waals surface area contributed by atoms with Crippen LogP contribution in [0.15, 0.2) is 55.0 Å². The number of nitrogens with zero attached hydrogens (tertiary/aromatic N) is 5. The average Bonchev–Trinajstić information content (AvgIpc) is 3.74. The number of aromatic amines is 2. The zero-order valence-corrected chi connectivity index (χ0v) is 21.6. The number of hydrogen-bond donors (Lipinski definition) is 3. The highest BCUT2D eigenvalue weighted by Crippen LogP contribution is 2.36. The van der Waals surface area contributed by atoms with Crippen molar-refractivity contribution in [3.05, 3.63) is 59.3 Å². The van der Waals surface area contributed by atoms with Crippen LogP contribution in [0, 0.1) is 5.92 Å². The molecule has 1 aliphatic carbocycles. The minimum absolute atomic E-state index is 0.0599. The quantitative estimate of drug-likeness (QED) is 0.230. The molecule has 6 heterocycles. The lowest BCUT2D eigenvalue weighted by Crippen LogP contribution is -2.20. The molecule has 0 spiro atoms. The summed E-state index contributed by atoms with van der Waals surface area (Å²) < 4.78 is 0.715. The predicted octanol–water partition coefficient (Wildman–Crippen LogP) is 6.47. The number of H-pyrrole nitrogens is 2. The van der Waals surface area contributed by atoms with Crippen LogP contribution in [0.3, 0.4) is 0 Å². The molecule has 0 atom stereocenters. The van der Waals surface area contributed by atoms with Gasteiger partial charge in [-0.2, -0.15) is 5.10 Å². The monoisotopic (exact) mass is 540 g/mol. The van der Waals surface area contributed by atoms with Crippen LogP contribution in [0.5, 0.6) is 0 Å². The number of hydrogen-bond acceptors (Lipinski definition) is 7. The van der Waals surface area contributed by atoms with E-state index < -0.39 is 0 Å². The van der Waals surface area contributed by atoms with Gasteiger partial charge in [-0.3, -0.25) is 14.9 Å². The Balaban J connectivity index is 1.24. The van der Waals surface area contributed by atoms with Crippen molar-refractivity contribution in [2.24, 2.45) is 5.92 Å². The molecule has 0 unspecified atom stereocenters. The van der Waals surface area contributed by atoms with Gasteiger partial charge >= 0.3 is 0 Å². The summed E-state index contributed by atoms with van der Waals surface area (Å²) in [4.78, 5) is 35.5. The largest absolute Gasteiger partial charge is 0.324 e. The molecule has 1 amide bonds. The number of thiophene rings is 1. The van der Waals surface area contributed by atoms with Gasteiger partial charge in [-0.15, -0.1) is 11.3 Å². The third-order valence-electron chi connectivity index (χ3n) is 6.88. The molecule has 38 heavy (non-hydrogen) atoms. The van der Waals surface area contributed by atoms with E-state index in [1.165, 1.54) is 11.3 Å². The minimum atomic E-state index is 0.0599. The molecule has 0 saturated heterocycles. The average molecular weight is 541 g/mol. The van der Waals surface area contributed by atoms with Gasteiger partial charge in [0, 0.05) is 34.3 Å². The van der Waals surface area contributed by atoms with Crippen LogP contribution in [0.25, 0.3) is 55.4 Å². The molecule has 0 bridgehead atoms. The van der Waals surface area contributed by atoms with E-state index in [0.29, 0.717) is 38.4 Å². The number of rotatable bonds is 5. The van der Waals surface area contributed by atoms with Gasteiger partial charge in [0.2, 0.25) is 5.91 Å². The molecule has 1 saturated carbocycles. The van der Waals surface area contributed by atoms with Crippen molar-refractivity contribution in [1.29, 1.82) is 0 Å². The summed E-state index contributed by atoms with van der Waals surface area (Å²) in [6.07, 6.45) is 9.26. The lowest BCUT2D eigenvalue weighted by Gasteiger charge is -2.11. The lowest BCUT2D eigenvalue weighted by atomic mass is 10.1. The van der Waals surface area contributed by atoms with Crippen LogP contribution in [-0.4, -0.2) is 41.0 Å². The van der Waals surface area contributed by atoms with Gasteiger partial charge in [0.05, 0.1) is 27.4 Å². The fourth-order valence-electron chi connectivity index (χ4n) is 4.99. The third kappa shape index (κ3) is 4.11. The van der Waals surface area contributed by atoms with Crippen LogP contribution in [-0.2, 0) is 4.79 Å². The SMILES string of the molecule is O=C(Nc1cncc(-c2ccc3[nH]nc(-c4nc5c(-c6ccc(Cl)s6)ccnc5[nH]4)c3n2)c1)C1CCCC1. The Morgan fingerprint density at radius 1 is 1.05 bits per heavy atom. The van der Waals surface area contributed by atoms with Gasteiger partial charge in [-0.25, -0.2) is 15.0 Å². The number of nitrogens with one attached hydrogen (secondary N) is 3. The summed E-state index contributed by atoms with van der Waals surface area (Å²) in [5.74, 6) is 0.705. The zero-order chi connectivity index (χ0) is 25.6. The highest BCUT2D eigenvalue weighted by atomic mass is 35.5. The Kier molecular flexibility index (Phi) is 5.63. The van der Waals surface area contributed by atoms with Crippen molar-refractivity contribution < 1.29 is 4.79 Å². The predicted molar refractivity (Wildman–Crippen MR) is 149 cm³/mol. The van der Waals surface area contributed by atoms with E-state index in [0.717, 1.165) is 52.7 Å². The fraction of sp³-hybridized carbons (Fsp3) is 0.185. The maximum Gasteiger partial charge on any atom is 0.227 e.